The van der Waals surface area contributed by atoms with Gasteiger partial charge in [0.15, 0.2) is 11.6 Å². The molecule has 5 rings (SSSR count). The minimum absolute atomic E-state index is 0.0245. The second kappa shape index (κ2) is 6.81. The van der Waals surface area contributed by atoms with E-state index in [9.17, 15) is 9.59 Å². The molecule has 4 heterocycles. The van der Waals surface area contributed by atoms with Gasteiger partial charge in [-0.1, -0.05) is 6.07 Å². The third-order valence-corrected chi connectivity index (χ3v) is 6.28. The zero-order valence-electron chi connectivity index (χ0n) is 16.0. The Morgan fingerprint density at radius 1 is 1.30 bits per heavy atom. The Morgan fingerprint density at radius 3 is 2.77 bits per heavy atom. The fraction of sp³-hybridized carbons (Fsp3) is 0.190. The summed E-state index contributed by atoms with van der Waals surface area (Å²) >= 11 is 1.45. The van der Waals surface area contributed by atoms with Gasteiger partial charge in [0.25, 0.3) is 5.56 Å². The Morgan fingerprint density at radius 2 is 2.10 bits per heavy atom. The van der Waals surface area contributed by atoms with E-state index in [0.717, 1.165) is 33.9 Å². The highest BCUT2D eigenvalue weighted by Crippen LogP contribution is 2.45. The third-order valence-electron chi connectivity index (χ3n) is 5.30. The Balaban J connectivity index is 1.82. The zero-order valence-corrected chi connectivity index (χ0v) is 16.8. The molecule has 7 nitrogen and oxygen atoms in total. The maximum Gasteiger partial charge on any atom is 0.354 e. The number of ether oxygens (including phenoxy) is 1. The van der Waals surface area contributed by atoms with Crippen molar-refractivity contribution in [3.05, 3.63) is 74.4 Å². The number of hydrogen-bond acceptors (Lipinski definition) is 6. The molecule has 30 heavy (non-hydrogen) atoms. The maximum absolute atomic E-state index is 15.2. The van der Waals surface area contributed by atoms with Crippen LogP contribution in [0.3, 0.4) is 0 Å². The summed E-state index contributed by atoms with van der Waals surface area (Å²) in [7, 11) is 1.40. The van der Waals surface area contributed by atoms with E-state index in [1.807, 2.05) is 23.6 Å². The number of rotatable bonds is 4. The molecule has 0 aliphatic heterocycles. The Kier molecular flexibility index (Phi) is 4.21. The predicted molar refractivity (Wildman–Crippen MR) is 113 cm³/mol. The second-order valence-electron chi connectivity index (χ2n) is 7.19. The molecule has 1 saturated carbocycles. The van der Waals surface area contributed by atoms with E-state index in [1.165, 1.54) is 18.4 Å². The number of methoxy groups -OCH3 is 1. The van der Waals surface area contributed by atoms with Crippen molar-refractivity contribution in [3.8, 4) is 27.3 Å². The SMILES string of the molecule is COc1c(-c2csc(-c3cccnc3)c2)c(F)cn2c(=O)n(N)c(=O)c(C3CC3)c12. The lowest BCUT2D eigenvalue weighted by atomic mass is 10.0. The molecule has 4 aromatic rings. The predicted octanol–water partition coefficient (Wildman–Crippen LogP) is 2.99. The van der Waals surface area contributed by atoms with Gasteiger partial charge in [-0.2, -0.15) is 4.68 Å². The molecule has 0 radical (unpaired) electrons. The molecular weight excluding hydrogens is 407 g/mol. The number of thiophene rings is 1. The molecule has 0 amide bonds. The van der Waals surface area contributed by atoms with Crippen molar-refractivity contribution in [2.75, 3.05) is 13.0 Å². The van der Waals surface area contributed by atoms with Crippen molar-refractivity contribution in [2.24, 2.45) is 0 Å². The van der Waals surface area contributed by atoms with Crippen molar-refractivity contribution in [1.29, 1.82) is 0 Å². The Labute approximate surface area is 173 Å². The van der Waals surface area contributed by atoms with Crippen molar-refractivity contribution in [2.45, 2.75) is 18.8 Å². The summed E-state index contributed by atoms with van der Waals surface area (Å²) in [6.07, 6.45) is 6.11. The molecule has 0 bridgehead atoms. The number of nitrogens with two attached hydrogens (primary N) is 1. The third kappa shape index (κ3) is 2.73. The van der Waals surface area contributed by atoms with E-state index in [4.69, 9.17) is 10.6 Å². The molecule has 0 saturated heterocycles. The molecule has 152 valence electrons. The van der Waals surface area contributed by atoms with E-state index < -0.39 is 17.1 Å². The number of nitrogens with zero attached hydrogens (tertiary/aromatic N) is 3. The van der Waals surface area contributed by atoms with Crippen LogP contribution in [0.25, 0.3) is 27.1 Å². The summed E-state index contributed by atoms with van der Waals surface area (Å²) in [6, 6.07) is 5.60. The monoisotopic (exact) mass is 424 g/mol. The van der Waals surface area contributed by atoms with Crippen LogP contribution in [-0.4, -0.2) is 21.2 Å². The minimum atomic E-state index is -0.815. The van der Waals surface area contributed by atoms with Gasteiger partial charge in [0.05, 0.1) is 24.4 Å². The van der Waals surface area contributed by atoms with Gasteiger partial charge >= 0.3 is 5.69 Å². The van der Waals surface area contributed by atoms with E-state index in [0.29, 0.717) is 15.8 Å². The summed E-state index contributed by atoms with van der Waals surface area (Å²) < 4.78 is 22.4. The Bertz CT molecular complexity index is 1400. The lowest BCUT2D eigenvalue weighted by Crippen LogP contribution is -2.44. The highest BCUT2D eigenvalue weighted by Gasteiger charge is 2.33. The van der Waals surface area contributed by atoms with Gasteiger partial charge in [-0.3, -0.25) is 14.2 Å². The smallest absolute Gasteiger partial charge is 0.354 e. The normalized spacial score (nSPS) is 13.7. The average Bonchev–Trinajstić information content (AvgIpc) is 3.48. The van der Waals surface area contributed by atoms with Crippen molar-refractivity contribution >= 4 is 16.9 Å². The van der Waals surface area contributed by atoms with Crippen molar-refractivity contribution in [1.82, 2.24) is 14.1 Å². The summed E-state index contributed by atoms with van der Waals surface area (Å²) in [5.41, 5.74) is 1.00. The number of pyridine rings is 2. The van der Waals surface area contributed by atoms with E-state index in [1.54, 1.807) is 12.4 Å². The van der Waals surface area contributed by atoms with Crippen LogP contribution in [0, 0.1) is 5.82 Å². The average molecular weight is 424 g/mol. The summed E-state index contributed by atoms with van der Waals surface area (Å²) in [6.45, 7) is 0. The number of halogens is 1. The van der Waals surface area contributed by atoms with E-state index >= 15 is 4.39 Å². The van der Waals surface area contributed by atoms with Gasteiger partial charge in [0.2, 0.25) is 0 Å². The van der Waals surface area contributed by atoms with Crippen LogP contribution in [0.15, 0.2) is 51.8 Å². The molecule has 0 aromatic carbocycles. The first-order valence-electron chi connectivity index (χ1n) is 9.33. The van der Waals surface area contributed by atoms with Crippen molar-refractivity contribution in [3.63, 3.8) is 0 Å². The summed E-state index contributed by atoms with van der Waals surface area (Å²) in [5, 5.41) is 1.82. The van der Waals surface area contributed by atoms with E-state index in [2.05, 4.69) is 4.98 Å². The topological polar surface area (TPSA) is 91.6 Å². The first kappa shape index (κ1) is 18.6. The molecule has 0 spiro atoms. The van der Waals surface area contributed by atoms with Gasteiger partial charge in [0, 0.05) is 22.8 Å². The summed E-state index contributed by atoms with van der Waals surface area (Å²) in [5.74, 6) is 5.17. The molecular formula is C21H17FN4O3S. The van der Waals surface area contributed by atoms with Crippen LogP contribution in [0.1, 0.15) is 24.3 Å². The molecule has 2 N–H and O–H groups in total. The molecule has 0 atom stereocenters. The van der Waals surface area contributed by atoms with Gasteiger partial charge in [0.1, 0.15) is 5.52 Å². The largest absolute Gasteiger partial charge is 0.494 e. The fourth-order valence-corrected chi connectivity index (χ4v) is 4.64. The van der Waals surface area contributed by atoms with Gasteiger partial charge in [-0.25, -0.2) is 9.18 Å². The fourth-order valence-electron chi connectivity index (χ4n) is 3.75. The highest BCUT2D eigenvalue weighted by molar-refractivity contribution is 7.14. The minimum Gasteiger partial charge on any atom is -0.494 e. The van der Waals surface area contributed by atoms with Crippen LogP contribution in [0.2, 0.25) is 0 Å². The number of fused-ring (bicyclic) bond motifs is 1. The molecule has 0 unspecified atom stereocenters. The van der Waals surface area contributed by atoms with Crippen LogP contribution < -0.4 is 21.8 Å². The molecule has 1 fully saturated rings. The van der Waals surface area contributed by atoms with Crippen LogP contribution in [-0.2, 0) is 0 Å². The second-order valence-corrected chi connectivity index (χ2v) is 8.10. The Hall–Kier alpha value is -3.46. The van der Waals surface area contributed by atoms with Gasteiger partial charge in [-0.05, 0) is 41.8 Å². The first-order valence-corrected chi connectivity index (χ1v) is 10.2. The first-order chi connectivity index (χ1) is 14.5. The lowest BCUT2D eigenvalue weighted by Gasteiger charge is -2.16. The van der Waals surface area contributed by atoms with Crippen molar-refractivity contribution < 1.29 is 9.13 Å². The lowest BCUT2D eigenvalue weighted by molar-refractivity contribution is 0.414. The molecule has 4 aromatic heterocycles. The molecule has 9 heteroatoms. The van der Waals surface area contributed by atoms with E-state index in [-0.39, 0.29) is 22.7 Å². The standard InChI is InChI=1S/C21H17FN4O3S/c1-29-19-16(13-7-15(30-10-13)12-3-2-6-24-8-12)14(22)9-25-18(19)17(11-4-5-11)20(27)26(23)21(25)28/h2-3,6-11H,4-5,23H2,1H3. The number of aromatic nitrogens is 3. The summed E-state index contributed by atoms with van der Waals surface area (Å²) in [4.78, 5) is 30.4. The number of hydrogen-bond donors (Lipinski definition) is 1. The molecule has 1 aliphatic rings. The maximum atomic E-state index is 15.2. The zero-order chi connectivity index (χ0) is 21.0. The quantitative estimate of drug-likeness (QED) is 0.509. The van der Waals surface area contributed by atoms with Crippen LogP contribution >= 0.6 is 11.3 Å². The molecule has 1 aliphatic carbocycles. The van der Waals surface area contributed by atoms with Gasteiger partial charge < -0.3 is 10.6 Å². The highest BCUT2D eigenvalue weighted by atomic mass is 32.1. The van der Waals surface area contributed by atoms with Crippen LogP contribution in [0.5, 0.6) is 5.75 Å². The van der Waals surface area contributed by atoms with Crippen LogP contribution in [0.4, 0.5) is 4.39 Å². The number of nitrogen functional groups attached to an aromatic ring is 1. The van der Waals surface area contributed by atoms with Gasteiger partial charge in [-0.15, -0.1) is 11.3 Å².